The third-order valence-corrected chi connectivity index (χ3v) is 2.32. The largest absolute Gasteiger partial charge is 0.594 e. The van der Waals surface area contributed by atoms with Gasteiger partial charge in [-0.25, -0.2) is 0 Å². The first kappa shape index (κ1) is 13.6. The highest BCUT2D eigenvalue weighted by Crippen LogP contribution is 2.10. The van der Waals surface area contributed by atoms with Gasteiger partial charge >= 0.3 is 5.88 Å². The van der Waals surface area contributed by atoms with Gasteiger partial charge in [0.05, 0.1) is 31.1 Å². The van der Waals surface area contributed by atoms with Crippen LogP contribution in [0.25, 0.3) is 0 Å². The summed E-state index contributed by atoms with van der Waals surface area (Å²) in [5, 5.41) is 17.2. The number of hydrogen-bond donors (Lipinski definition) is 0. The van der Waals surface area contributed by atoms with Crippen molar-refractivity contribution < 1.29 is 23.9 Å². The van der Waals surface area contributed by atoms with Gasteiger partial charge in [0.2, 0.25) is 5.27 Å². The van der Waals surface area contributed by atoms with Crippen molar-refractivity contribution >= 4 is 12.0 Å². The first-order valence-electron chi connectivity index (χ1n) is 6.10. The highest BCUT2D eigenvalue weighted by molar-refractivity contribution is 5.65. The summed E-state index contributed by atoms with van der Waals surface area (Å²) in [5.74, 6) is 0.112. The van der Waals surface area contributed by atoms with Gasteiger partial charge in [0, 0.05) is 5.60 Å². The zero-order chi connectivity index (χ0) is 13.9. The molecule has 19 heavy (non-hydrogen) atoms. The normalized spacial score (nSPS) is 17.6. The lowest BCUT2D eigenvalue weighted by atomic mass is 10.2. The molecule has 8 heteroatoms. The third kappa shape index (κ3) is 4.09. The van der Waals surface area contributed by atoms with Gasteiger partial charge in [-0.1, -0.05) is 20.8 Å². The van der Waals surface area contributed by atoms with Crippen LogP contribution in [-0.4, -0.2) is 43.3 Å². The fourth-order valence-electron chi connectivity index (χ4n) is 1.55. The molecule has 0 aliphatic carbocycles. The summed E-state index contributed by atoms with van der Waals surface area (Å²) in [6.07, 6.45) is 0.840. The number of aromatic nitrogens is 2. The van der Waals surface area contributed by atoms with E-state index in [1.54, 1.807) is 20.8 Å². The molecular weight excluding hydrogens is 252 g/mol. The van der Waals surface area contributed by atoms with Crippen molar-refractivity contribution in [3.05, 3.63) is 6.20 Å². The van der Waals surface area contributed by atoms with Crippen LogP contribution in [0.2, 0.25) is 0 Å². The van der Waals surface area contributed by atoms with E-state index in [0.717, 1.165) is 0 Å². The van der Waals surface area contributed by atoms with Crippen LogP contribution < -0.4 is 14.9 Å². The van der Waals surface area contributed by atoms with E-state index in [-0.39, 0.29) is 5.88 Å². The molecule has 1 aromatic rings. The SMILES string of the molecule is CC(C)(C)O/C([O-])=N/c1c[n+](N2CCOCC2)no1. The summed E-state index contributed by atoms with van der Waals surface area (Å²) in [6.45, 7) is 8.01. The lowest BCUT2D eigenvalue weighted by Gasteiger charge is -2.28. The molecule has 0 aromatic carbocycles. The summed E-state index contributed by atoms with van der Waals surface area (Å²) in [6, 6.07) is 0. The topological polar surface area (TPSA) is 87.0 Å². The Labute approximate surface area is 111 Å². The highest BCUT2D eigenvalue weighted by atomic mass is 16.6. The van der Waals surface area contributed by atoms with Crippen molar-refractivity contribution in [2.24, 2.45) is 4.99 Å². The monoisotopic (exact) mass is 270 g/mol. The first-order chi connectivity index (χ1) is 8.94. The lowest BCUT2D eigenvalue weighted by molar-refractivity contribution is -0.759. The van der Waals surface area contributed by atoms with Crippen LogP contribution in [0.5, 0.6) is 0 Å². The molecule has 0 unspecified atom stereocenters. The van der Waals surface area contributed by atoms with E-state index in [0.29, 0.717) is 26.3 Å². The Kier molecular flexibility index (Phi) is 3.89. The Hall–Kier alpha value is -1.83. The fraction of sp³-hybridized carbons (Fsp3) is 0.727. The molecular formula is C11H18N4O4. The van der Waals surface area contributed by atoms with Gasteiger partial charge in [0.1, 0.15) is 0 Å². The van der Waals surface area contributed by atoms with Gasteiger partial charge in [-0.3, -0.25) is 4.52 Å². The number of morpholine rings is 1. The van der Waals surface area contributed by atoms with Crippen LogP contribution in [0.3, 0.4) is 0 Å². The van der Waals surface area contributed by atoms with Gasteiger partial charge < -0.3 is 14.6 Å². The Morgan fingerprint density at radius 3 is 2.79 bits per heavy atom. The van der Waals surface area contributed by atoms with Crippen molar-refractivity contribution in [2.45, 2.75) is 26.4 Å². The molecule has 0 bridgehead atoms. The number of nitrogens with zero attached hydrogens (tertiary/aromatic N) is 4. The van der Waals surface area contributed by atoms with Gasteiger partial charge in [-0.05, 0) is 0 Å². The number of aliphatic imine (C=N–C) groups is 1. The summed E-state index contributed by atoms with van der Waals surface area (Å²) >= 11 is 0. The average Bonchev–Trinajstić information content (AvgIpc) is 2.76. The van der Waals surface area contributed by atoms with Crippen LogP contribution >= 0.6 is 0 Å². The molecule has 2 rings (SSSR count). The smallest absolute Gasteiger partial charge is 0.326 e. The van der Waals surface area contributed by atoms with E-state index >= 15 is 0 Å². The van der Waals surface area contributed by atoms with Crippen molar-refractivity contribution in [2.75, 3.05) is 31.3 Å². The van der Waals surface area contributed by atoms with Gasteiger partial charge in [0.15, 0.2) is 6.08 Å². The summed E-state index contributed by atoms with van der Waals surface area (Å²) in [5.41, 5.74) is -0.583. The maximum atomic E-state index is 11.5. The Morgan fingerprint density at radius 2 is 2.16 bits per heavy atom. The Morgan fingerprint density at radius 1 is 1.47 bits per heavy atom. The van der Waals surface area contributed by atoms with Crippen LogP contribution in [-0.2, 0) is 9.47 Å². The zero-order valence-corrected chi connectivity index (χ0v) is 11.3. The predicted molar refractivity (Wildman–Crippen MR) is 63.4 cm³/mol. The van der Waals surface area contributed by atoms with Crippen molar-refractivity contribution in [3.63, 3.8) is 0 Å². The van der Waals surface area contributed by atoms with Crippen LogP contribution in [0.1, 0.15) is 20.8 Å². The van der Waals surface area contributed by atoms with E-state index in [2.05, 4.69) is 10.3 Å². The maximum absolute atomic E-state index is 11.5. The molecule has 0 spiro atoms. The molecule has 1 aliphatic rings. The van der Waals surface area contributed by atoms with E-state index in [9.17, 15) is 5.11 Å². The van der Waals surface area contributed by atoms with Crippen LogP contribution in [0.15, 0.2) is 15.7 Å². The molecule has 2 heterocycles. The van der Waals surface area contributed by atoms with E-state index < -0.39 is 11.7 Å². The quantitative estimate of drug-likeness (QED) is 0.393. The van der Waals surface area contributed by atoms with Gasteiger partial charge in [-0.2, -0.15) is 4.99 Å². The Balaban J connectivity index is 2.02. The number of hydrogen-bond acceptors (Lipinski definition) is 7. The molecule has 1 fully saturated rings. The van der Waals surface area contributed by atoms with E-state index in [4.69, 9.17) is 14.0 Å². The van der Waals surface area contributed by atoms with E-state index in [1.807, 2.05) is 5.01 Å². The molecule has 1 aliphatic heterocycles. The molecule has 0 amide bonds. The van der Waals surface area contributed by atoms with Crippen LogP contribution in [0.4, 0.5) is 5.88 Å². The average molecular weight is 270 g/mol. The zero-order valence-electron chi connectivity index (χ0n) is 11.3. The Bertz CT molecular complexity index is 446. The first-order valence-corrected chi connectivity index (χ1v) is 6.10. The second-order valence-corrected chi connectivity index (χ2v) is 5.12. The summed E-state index contributed by atoms with van der Waals surface area (Å²) in [4.78, 5) is 5.21. The minimum atomic E-state index is -0.697. The lowest BCUT2D eigenvalue weighted by Crippen LogP contribution is -2.62. The van der Waals surface area contributed by atoms with Crippen LogP contribution in [0, 0.1) is 0 Å². The predicted octanol–water partition coefficient (Wildman–Crippen LogP) is -0.907. The third-order valence-electron chi connectivity index (χ3n) is 2.32. The molecule has 0 N–H and O–H groups in total. The minimum absolute atomic E-state index is 0.112. The molecule has 1 aromatic heterocycles. The fourth-order valence-corrected chi connectivity index (χ4v) is 1.55. The second-order valence-electron chi connectivity index (χ2n) is 5.12. The summed E-state index contributed by atoms with van der Waals surface area (Å²) < 4.78 is 15.3. The van der Waals surface area contributed by atoms with Crippen molar-refractivity contribution in [1.29, 1.82) is 0 Å². The standard InChI is InChI=1S/C11H18N4O4/c1-11(2,3)18-10(16)12-9-8-15(13-19-9)14-4-6-17-7-5-14/h8H,4-7H2,1-3H3. The van der Waals surface area contributed by atoms with Crippen molar-refractivity contribution in [3.8, 4) is 0 Å². The molecule has 0 saturated carbocycles. The van der Waals surface area contributed by atoms with E-state index in [1.165, 1.54) is 11.0 Å². The maximum Gasteiger partial charge on any atom is 0.326 e. The molecule has 8 nitrogen and oxygen atoms in total. The molecule has 0 atom stereocenters. The highest BCUT2D eigenvalue weighted by Gasteiger charge is 2.22. The molecule has 106 valence electrons. The molecule has 0 radical (unpaired) electrons. The van der Waals surface area contributed by atoms with Gasteiger partial charge in [0.25, 0.3) is 6.20 Å². The minimum Gasteiger partial charge on any atom is -0.594 e. The second kappa shape index (κ2) is 5.43. The van der Waals surface area contributed by atoms with Gasteiger partial charge in [-0.15, -0.1) is 5.01 Å². The summed E-state index contributed by atoms with van der Waals surface area (Å²) in [7, 11) is 0. The van der Waals surface area contributed by atoms with Crippen molar-refractivity contribution in [1.82, 2.24) is 5.27 Å². The number of rotatable bonds is 2. The molecule has 1 saturated heterocycles. The number of ether oxygens (including phenoxy) is 2.